The van der Waals surface area contributed by atoms with Crippen molar-refractivity contribution in [2.24, 2.45) is 0 Å². The number of hydrogen-bond donors (Lipinski definition) is 1. The molecule has 2 aromatic heterocycles. The van der Waals surface area contributed by atoms with Crippen LogP contribution in [0.5, 0.6) is 0 Å². The molecule has 0 aliphatic rings. The summed E-state index contributed by atoms with van der Waals surface area (Å²) < 4.78 is 23.4. The normalized spacial score (nSPS) is 11.0. The third-order valence-electron chi connectivity index (χ3n) is 6.80. The summed E-state index contributed by atoms with van der Waals surface area (Å²) in [4.78, 5) is 114. The highest BCUT2D eigenvalue weighted by Gasteiger charge is 2.20. The van der Waals surface area contributed by atoms with E-state index in [-0.39, 0.29) is 32.6 Å². The second kappa shape index (κ2) is 19.0. The Hall–Kier alpha value is -4.85. The number of ether oxygens (including phenoxy) is 4. The number of carbonyl (C=O) groups is 3. The van der Waals surface area contributed by atoms with Gasteiger partial charge in [-0.25, -0.2) is 56.2 Å². The molecule has 2 aromatic rings. The van der Waals surface area contributed by atoms with Crippen LogP contribution in [0.25, 0.3) is 0 Å². The highest BCUT2D eigenvalue weighted by atomic mass is 16.5. The van der Waals surface area contributed by atoms with Crippen molar-refractivity contribution >= 4 is 17.9 Å². The number of hydrogen-bond acceptors (Lipinski definition) is 14. The van der Waals surface area contributed by atoms with Crippen molar-refractivity contribution in [1.82, 2.24) is 27.4 Å². The lowest BCUT2D eigenvalue weighted by Crippen LogP contribution is -2.55. The van der Waals surface area contributed by atoms with Crippen LogP contribution in [-0.4, -0.2) is 91.1 Å². The topological polar surface area (TPSA) is 240 Å². The molecule has 0 aromatic carbocycles. The van der Waals surface area contributed by atoms with E-state index in [9.17, 15) is 48.3 Å². The minimum atomic E-state index is -1.12. The number of aliphatic hydroxyl groups excluding tert-OH is 1. The SMILES string of the molecule is CCCCOC(=O)CCn1c(=O)n(CCC(=O)OC)c(=O)n(CCC(=O)OCCn2c(=O)n(CCO)c(=O)n(CCOC)c2=O)c1=O. The Morgan fingerprint density at radius 2 is 0.894 bits per heavy atom. The van der Waals surface area contributed by atoms with E-state index in [4.69, 9.17) is 14.2 Å². The van der Waals surface area contributed by atoms with Crippen molar-refractivity contribution in [3.05, 3.63) is 62.9 Å². The van der Waals surface area contributed by atoms with E-state index >= 15 is 0 Å². The van der Waals surface area contributed by atoms with Gasteiger partial charge in [-0.1, -0.05) is 13.3 Å². The average molecular weight is 673 g/mol. The van der Waals surface area contributed by atoms with Gasteiger partial charge < -0.3 is 24.1 Å². The molecular weight excluding hydrogens is 632 g/mol. The number of nitrogens with zero attached hydrogens (tertiary/aromatic N) is 6. The summed E-state index contributed by atoms with van der Waals surface area (Å²) in [7, 11) is 2.46. The molecule has 0 bridgehead atoms. The van der Waals surface area contributed by atoms with Crippen molar-refractivity contribution in [3.8, 4) is 0 Å². The lowest BCUT2D eigenvalue weighted by molar-refractivity contribution is -0.145. The van der Waals surface area contributed by atoms with Crippen LogP contribution in [0.4, 0.5) is 0 Å². The smallest absolute Gasteiger partial charge is 0.336 e. The van der Waals surface area contributed by atoms with Gasteiger partial charge in [-0.15, -0.1) is 0 Å². The van der Waals surface area contributed by atoms with Gasteiger partial charge in [0.2, 0.25) is 0 Å². The van der Waals surface area contributed by atoms with Gasteiger partial charge in [-0.3, -0.25) is 14.4 Å². The summed E-state index contributed by atoms with van der Waals surface area (Å²) in [6, 6.07) is 0. The number of aliphatic hydroxyl groups is 1. The number of aromatic nitrogens is 6. The first-order chi connectivity index (χ1) is 22.4. The van der Waals surface area contributed by atoms with E-state index in [2.05, 4.69) is 4.74 Å². The Labute approximate surface area is 265 Å². The van der Waals surface area contributed by atoms with Crippen molar-refractivity contribution in [3.63, 3.8) is 0 Å². The minimum absolute atomic E-state index is 0.0262. The minimum Gasteiger partial charge on any atom is -0.469 e. The zero-order chi connectivity index (χ0) is 35.1. The molecule has 0 saturated carbocycles. The number of unbranched alkanes of at least 4 members (excludes halogenated alkanes) is 1. The molecule has 0 aliphatic carbocycles. The summed E-state index contributed by atoms with van der Waals surface area (Å²) in [5.74, 6) is -2.37. The highest BCUT2D eigenvalue weighted by Crippen LogP contribution is 1.95. The van der Waals surface area contributed by atoms with Gasteiger partial charge in [0, 0.05) is 26.7 Å². The predicted octanol–water partition coefficient (Wildman–Crippen LogP) is -3.77. The van der Waals surface area contributed by atoms with E-state index in [0.717, 1.165) is 18.1 Å². The molecule has 0 unspecified atom stereocenters. The summed E-state index contributed by atoms with van der Waals surface area (Å²) in [6.07, 6.45) is 0.0708. The van der Waals surface area contributed by atoms with Gasteiger partial charge in [0.25, 0.3) is 0 Å². The molecule has 262 valence electrons. The third-order valence-corrected chi connectivity index (χ3v) is 6.80. The van der Waals surface area contributed by atoms with Gasteiger partial charge in [0.05, 0.1) is 65.8 Å². The van der Waals surface area contributed by atoms with Crippen LogP contribution in [0.1, 0.15) is 39.0 Å². The lowest BCUT2D eigenvalue weighted by atomic mass is 10.3. The van der Waals surface area contributed by atoms with Crippen molar-refractivity contribution < 1.29 is 38.4 Å². The Balaban J connectivity index is 2.26. The fourth-order valence-electron chi connectivity index (χ4n) is 4.23. The maximum atomic E-state index is 13.1. The van der Waals surface area contributed by atoms with Gasteiger partial charge >= 0.3 is 52.0 Å². The Kier molecular flexibility index (Phi) is 15.5. The number of carbonyl (C=O) groups excluding carboxylic acids is 3. The molecule has 20 nitrogen and oxygen atoms in total. The fourth-order valence-corrected chi connectivity index (χ4v) is 4.23. The molecule has 20 heteroatoms. The van der Waals surface area contributed by atoms with Gasteiger partial charge in [0.1, 0.15) is 6.61 Å². The van der Waals surface area contributed by atoms with E-state index < -0.39 is 104 Å². The molecule has 0 fully saturated rings. The first-order valence-electron chi connectivity index (χ1n) is 14.8. The number of esters is 3. The predicted molar refractivity (Wildman–Crippen MR) is 160 cm³/mol. The van der Waals surface area contributed by atoms with Gasteiger partial charge in [-0.05, 0) is 6.42 Å². The molecular formula is C27H40N6O14. The number of rotatable bonds is 20. The Morgan fingerprint density at radius 1 is 0.532 bits per heavy atom. The zero-order valence-electron chi connectivity index (χ0n) is 26.5. The average Bonchev–Trinajstić information content (AvgIpc) is 3.04. The second-order valence-electron chi connectivity index (χ2n) is 9.94. The van der Waals surface area contributed by atoms with E-state index in [1.165, 1.54) is 7.11 Å². The monoisotopic (exact) mass is 672 g/mol. The highest BCUT2D eigenvalue weighted by molar-refractivity contribution is 5.69. The molecule has 0 aliphatic heterocycles. The van der Waals surface area contributed by atoms with Crippen LogP contribution in [0, 0.1) is 0 Å². The summed E-state index contributed by atoms with van der Waals surface area (Å²) in [5.41, 5.74) is -6.28. The van der Waals surface area contributed by atoms with Crippen molar-refractivity contribution in [1.29, 1.82) is 0 Å². The Bertz CT molecular complexity index is 1760. The molecule has 47 heavy (non-hydrogen) atoms. The second-order valence-corrected chi connectivity index (χ2v) is 9.94. The molecule has 2 rings (SSSR count). The number of methoxy groups -OCH3 is 2. The summed E-state index contributed by atoms with van der Waals surface area (Å²) in [5, 5.41) is 9.25. The lowest BCUT2D eigenvalue weighted by Gasteiger charge is -2.14. The standard InChI is InChI=1S/C27H40N6O14/c1-4-5-16-46-20(36)7-10-29-22(38)28(9-6-19(35)45-3)23(39)30(24(29)40)11-8-21(37)47-18-14-33-26(42)31(12-15-34)25(41)32(27(33)43)13-17-44-2/h34H,4-18H2,1-3H3. The van der Waals surface area contributed by atoms with E-state index in [1.807, 2.05) is 6.92 Å². The molecule has 0 spiro atoms. The molecule has 2 heterocycles. The first-order valence-corrected chi connectivity index (χ1v) is 14.8. The maximum Gasteiger partial charge on any atom is 0.336 e. The van der Waals surface area contributed by atoms with Gasteiger partial charge in [-0.2, -0.15) is 0 Å². The molecule has 0 amide bonds. The summed E-state index contributed by atoms with van der Waals surface area (Å²) in [6.45, 7) is -1.57. The zero-order valence-corrected chi connectivity index (χ0v) is 26.5. The maximum absolute atomic E-state index is 13.1. The van der Waals surface area contributed by atoms with Crippen LogP contribution >= 0.6 is 0 Å². The molecule has 0 saturated heterocycles. The van der Waals surface area contributed by atoms with Crippen LogP contribution in [0.3, 0.4) is 0 Å². The van der Waals surface area contributed by atoms with E-state index in [0.29, 0.717) is 29.3 Å². The van der Waals surface area contributed by atoms with Crippen molar-refractivity contribution in [2.45, 2.75) is 78.3 Å². The van der Waals surface area contributed by atoms with Crippen LogP contribution < -0.4 is 34.1 Å². The molecule has 1 N–H and O–H groups in total. The first kappa shape index (κ1) is 38.3. The van der Waals surface area contributed by atoms with E-state index in [1.54, 1.807) is 0 Å². The molecule has 0 atom stereocenters. The molecule has 0 radical (unpaired) electrons. The van der Waals surface area contributed by atoms with Gasteiger partial charge in [0.15, 0.2) is 0 Å². The largest absolute Gasteiger partial charge is 0.469 e. The third kappa shape index (κ3) is 10.3. The van der Waals surface area contributed by atoms with Crippen LogP contribution in [0.2, 0.25) is 0 Å². The Morgan fingerprint density at radius 3 is 1.28 bits per heavy atom. The fraction of sp³-hybridized carbons (Fsp3) is 0.667. The summed E-state index contributed by atoms with van der Waals surface area (Å²) >= 11 is 0. The van der Waals surface area contributed by atoms with Crippen molar-refractivity contribution in [2.75, 3.05) is 40.6 Å². The quantitative estimate of drug-likeness (QED) is 0.0807. The van der Waals surface area contributed by atoms with Crippen LogP contribution in [0.15, 0.2) is 28.8 Å². The van der Waals surface area contributed by atoms with Crippen LogP contribution in [-0.2, 0) is 72.6 Å².